The molecule has 1 N–H and O–H groups in total. The molecule has 1 aliphatic rings. The number of para-hydroxylation sites is 1. The predicted octanol–water partition coefficient (Wildman–Crippen LogP) is -0.122. The van der Waals surface area contributed by atoms with E-state index in [0.29, 0.717) is 40.6 Å². The summed E-state index contributed by atoms with van der Waals surface area (Å²) in [5.41, 5.74) is 0.618. The zero-order valence-electron chi connectivity index (χ0n) is 15.6. The van der Waals surface area contributed by atoms with Crippen molar-refractivity contribution in [2.24, 2.45) is 0 Å². The van der Waals surface area contributed by atoms with Gasteiger partial charge >= 0.3 is 0 Å². The standard InChI is InChI=1S/C20H22ClN3O3.ClH/c1-24(15-19(25)22-18-7-3-2-6-17(18)21)12-10-23(11-13-24)20(26)9-8-16-5-4-14-27-16;/h2-9,14H,10-13,15H2,1H3;1H. The minimum atomic E-state index is -0.0805. The van der Waals surface area contributed by atoms with Crippen LogP contribution in [0.15, 0.2) is 53.2 Å². The SMILES string of the molecule is C[N+]1(CC(=O)Nc2ccccc2Cl)CCN(C(=O)C=Cc2ccco2)CC1.[Cl-]. The van der Waals surface area contributed by atoms with Gasteiger partial charge in [-0.3, -0.25) is 9.59 Å². The molecule has 1 aromatic carbocycles. The Bertz CT molecular complexity index is 829. The molecule has 1 saturated heterocycles. The smallest absolute Gasteiger partial charge is 0.279 e. The van der Waals surface area contributed by atoms with E-state index in [2.05, 4.69) is 5.32 Å². The van der Waals surface area contributed by atoms with E-state index in [4.69, 9.17) is 16.0 Å². The summed E-state index contributed by atoms with van der Waals surface area (Å²) >= 11 is 6.09. The second-order valence-corrected chi connectivity index (χ2v) is 7.33. The quantitative estimate of drug-likeness (QED) is 0.538. The third kappa shape index (κ3) is 5.86. The first kappa shape index (κ1) is 22.0. The molecule has 0 aliphatic carbocycles. The first-order valence-electron chi connectivity index (χ1n) is 8.84. The molecule has 0 spiro atoms. The van der Waals surface area contributed by atoms with E-state index in [1.807, 2.05) is 19.2 Å². The lowest BCUT2D eigenvalue weighted by Crippen LogP contribution is -3.00. The van der Waals surface area contributed by atoms with E-state index in [-0.39, 0.29) is 24.2 Å². The van der Waals surface area contributed by atoms with Crippen LogP contribution in [0, 0.1) is 0 Å². The monoisotopic (exact) mass is 423 g/mol. The van der Waals surface area contributed by atoms with Crippen molar-refractivity contribution in [1.29, 1.82) is 0 Å². The summed E-state index contributed by atoms with van der Waals surface area (Å²) in [7, 11) is 2.03. The van der Waals surface area contributed by atoms with Gasteiger partial charge in [0.15, 0.2) is 6.54 Å². The van der Waals surface area contributed by atoms with Crippen molar-refractivity contribution in [3.63, 3.8) is 0 Å². The van der Waals surface area contributed by atoms with Gasteiger partial charge in [-0.2, -0.15) is 0 Å². The summed E-state index contributed by atoms with van der Waals surface area (Å²) in [6, 6.07) is 10.8. The van der Waals surface area contributed by atoms with Crippen LogP contribution < -0.4 is 17.7 Å². The van der Waals surface area contributed by atoms with E-state index in [0.717, 1.165) is 13.1 Å². The number of rotatable bonds is 5. The normalized spacial score (nSPS) is 15.9. The van der Waals surface area contributed by atoms with E-state index in [1.165, 1.54) is 6.08 Å². The molecule has 150 valence electrons. The molecule has 6 nitrogen and oxygen atoms in total. The second kappa shape index (κ2) is 9.78. The zero-order chi connectivity index (χ0) is 19.3. The lowest BCUT2D eigenvalue weighted by molar-refractivity contribution is -0.905. The summed E-state index contributed by atoms with van der Waals surface area (Å²) < 4.78 is 5.78. The third-order valence-corrected chi connectivity index (χ3v) is 5.07. The van der Waals surface area contributed by atoms with Gasteiger partial charge < -0.3 is 31.5 Å². The average molecular weight is 424 g/mol. The highest BCUT2D eigenvalue weighted by molar-refractivity contribution is 6.33. The molecule has 1 aliphatic heterocycles. The van der Waals surface area contributed by atoms with Crippen LogP contribution in [0.5, 0.6) is 0 Å². The number of quaternary nitrogens is 1. The number of piperazine rings is 1. The van der Waals surface area contributed by atoms with Gasteiger partial charge in [-0.25, -0.2) is 0 Å². The molecule has 0 bridgehead atoms. The number of furan rings is 1. The van der Waals surface area contributed by atoms with Gasteiger partial charge in [0.1, 0.15) is 5.76 Å². The number of nitrogens with one attached hydrogen (secondary N) is 1. The number of likely N-dealkylation sites (N-methyl/N-ethyl adjacent to an activating group) is 1. The number of carbonyl (C=O) groups is 2. The Morgan fingerprint density at radius 1 is 1.21 bits per heavy atom. The van der Waals surface area contributed by atoms with Crippen molar-refractivity contribution in [3.8, 4) is 0 Å². The predicted molar refractivity (Wildman–Crippen MR) is 105 cm³/mol. The van der Waals surface area contributed by atoms with Gasteiger partial charge in [0.2, 0.25) is 5.91 Å². The number of halogens is 2. The van der Waals surface area contributed by atoms with Crippen LogP contribution in [-0.2, 0) is 9.59 Å². The van der Waals surface area contributed by atoms with Crippen molar-refractivity contribution in [3.05, 3.63) is 59.5 Å². The topological polar surface area (TPSA) is 62.6 Å². The maximum absolute atomic E-state index is 12.4. The molecule has 2 aromatic rings. The molecule has 0 atom stereocenters. The summed E-state index contributed by atoms with van der Waals surface area (Å²) in [5.74, 6) is 0.526. The van der Waals surface area contributed by atoms with Crippen LogP contribution >= 0.6 is 11.6 Å². The highest BCUT2D eigenvalue weighted by atomic mass is 35.5. The Kier molecular flexibility index (Phi) is 7.69. The fraction of sp³-hybridized carbons (Fsp3) is 0.300. The van der Waals surface area contributed by atoms with Gasteiger partial charge in [0.05, 0.1) is 50.2 Å². The highest BCUT2D eigenvalue weighted by Crippen LogP contribution is 2.21. The molecule has 2 amide bonds. The van der Waals surface area contributed by atoms with Crippen molar-refractivity contribution in [2.75, 3.05) is 45.1 Å². The minimum Gasteiger partial charge on any atom is -1.00 e. The largest absolute Gasteiger partial charge is 1.00 e. The van der Waals surface area contributed by atoms with E-state index in [1.54, 1.807) is 41.5 Å². The van der Waals surface area contributed by atoms with Crippen LogP contribution in [0.1, 0.15) is 5.76 Å². The highest BCUT2D eigenvalue weighted by Gasteiger charge is 2.32. The minimum absolute atomic E-state index is 0. The van der Waals surface area contributed by atoms with Crippen molar-refractivity contribution in [1.82, 2.24) is 4.90 Å². The molecule has 28 heavy (non-hydrogen) atoms. The molecule has 3 rings (SSSR count). The molecule has 2 heterocycles. The Balaban J connectivity index is 0.00000280. The van der Waals surface area contributed by atoms with Crippen molar-refractivity contribution < 1.29 is 30.9 Å². The fourth-order valence-electron chi connectivity index (χ4n) is 3.07. The van der Waals surface area contributed by atoms with Crippen molar-refractivity contribution in [2.45, 2.75) is 0 Å². The molecular formula is C20H23Cl2N3O3. The summed E-state index contributed by atoms with van der Waals surface area (Å²) in [4.78, 5) is 26.5. The summed E-state index contributed by atoms with van der Waals surface area (Å²) in [6.07, 6.45) is 4.77. The number of benzene rings is 1. The Hall–Kier alpha value is -2.28. The molecule has 8 heteroatoms. The molecular weight excluding hydrogens is 401 g/mol. The van der Waals surface area contributed by atoms with Crippen LogP contribution in [0.25, 0.3) is 6.08 Å². The van der Waals surface area contributed by atoms with Crippen LogP contribution in [0.4, 0.5) is 5.69 Å². The van der Waals surface area contributed by atoms with Gasteiger partial charge in [0.25, 0.3) is 5.91 Å². The van der Waals surface area contributed by atoms with Gasteiger partial charge in [-0.05, 0) is 30.3 Å². The van der Waals surface area contributed by atoms with E-state index < -0.39 is 0 Å². The molecule has 1 aromatic heterocycles. The third-order valence-electron chi connectivity index (χ3n) is 4.74. The molecule has 0 unspecified atom stereocenters. The van der Waals surface area contributed by atoms with E-state index in [9.17, 15) is 9.59 Å². The zero-order valence-corrected chi connectivity index (χ0v) is 17.1. The van der Waals surface area contributed by atoms with Gasteiger partial charge in [-0.1, -0.05) is 23.7 Å². The number of nitrogens with zero attached hydrogens (tertiary/aromatic N) is 2. The molecule has 0 radical (unpaired) electrons. The number of hydrogen-bond acceptors (Lipinski definition) is 3. The van der Waals surface area contributed by atoms with E-state index >= 15 is 0 Å². The second-order valence-electron chi connectivity index (χ2n) is 6.93. The Morgan fingerprint density at radius 2 is 1.93 bits per heavy atom. The van der Waals surface area contributed by atoms with Gasteiger partial charge in [-0.15, -0.1) is 0 Å². The fourth-order valence-corrected chi connectivity index (χ4v) is 3.25. The van der Waals surface area contributed by atoms with Gasteiger partial charge in [0, 0.05) is 6.08 Å². The average Bonchev–Trinajstić information content (AvgIpc) is 3.15. The molecule has 1 fully saturated rings. The van der Waals surface area contributed by atoms with Crippen LogP contribution in [0.3, 0.4) is 0 Å². The van der Waals surface area contributed by atoms with Crippen LogP contribution in [-0.4, -0.2) is 61.0 Å². The lowest BCUT2D eigenvalue weighted by Gasteiger charge is -2.41. The first-order chi connectivity index (χ1) is 13.0. The van der Waals surface area contributed by atoms with Crippen LogP contribution in [0.2, 0.25) is 5.02 Å². The number of amides is 2. The maximum atomic E-state index is 12.4. The number of anilines is 1. The number of hydrogen-bond donors (Lipinski definition) is 1. The summed E-state index contributed by atoms with van der Waals surface area (Å²) in [5, 5.41) is 3.38. The Morgan fingerprint density at radius 3 is 2.57 bits per heavy atom. The lowest BCUT2D eigenvalue weighted by atomic mass is 10.2. The van der Waals surface area contributed by atoms with Crippen molar-refractivity contribution >= 4 is 35.2 Å². The Labute approximate surface area is 175 Å². The maximum Gasteiger partial charge on any atom is 0.279 e. The molecule has 0 saturated carbocycles. The summed E-state index contributed by atoms with van der Waals surface area (Å²) in [6.45, 7) is 3.00. The first-order valence-corrected chi connectivity index (χ1v) is 9.21. The number of carbonyl (C=O) groups excluding carboxylic acids is 2.